The van der Waals surface area contributed by atoms with Crippen LogP contribution in [-0.2, 0) is 38.6 Å². The maximum Gasteiger partial charge on any atom is 0.249 e. The van der Waals surface area contributed by atoms with Gasteiger partial charge in [0.05, 0.1) is 40.7 Å². The number of imide groups is 1. The number of imidazole rings is 1. The van der Waals surface area contributed by atoms with Crippen molar-refractivity contribution in [1.82, 2.24) is 24.8 Å². The Bertz CT molecular complexity index is 2810. The smallest absolute Gasteiger partial charge is 0.249 e. The number of piperidine rings is 2. The Labute approximate surface area is 394 Å². The molecule has 11 rings (SSSR count). The molecule has 3 atom stereocenters. The van der Waals surface area contributed by atoms with Crippen molar-refractivity contribution < 1.29 is 33.5 Å². The van der Waals surface area contributed by atoms with E-state index in [1.807, 2.05) is 45.9 Å². The van der Waals surface area contributed by atoms with Crippen molar-refractivity contribution in [2.45, 2.75) is 75.5 Å². The van der Waals surface area contributed by atoms with Crippen LogP contribution < -0.4 is 25.8 Å². The summed E-state index contributed by atoms with van der Waals surface area (Å²) in [5.74, 6) is -3.48. The van der Waals surface area contributed by atoms with Crippen molar-refractivity contribution in [3.8, 4) is 11.1 Å². The number of thiazole rings is 1. The largest absolute Gasteiger partial charge is 0.389 e. The van der Waals surface area contributed by atoms with Crippen LogP contribution in [0.1, 0.15) is 71.8 Å². The van der Waals surface area contributed by atoms with Gasteiger partial charge in [-0.25, -0.2) is 14.4 Å². The molecule has 18 heteroatoms. The van der Waals surface area contributed by atoms with Gasteiger partial charge in [0.25, 0.3) is 0 Å². The Morgan fingerprint density at radius 3 is 2.48 bits per heavy atom. The number of aryl methyl sites for hydroxylation is 1. The minimum absolute atomic E-state index is 0.00199. The lowest BCUT2D eigenvalue weighted by atomic mass is 9.72. The van der Waals surface area contributed by atoms with Crippen LogP contribution >= 0.6 is 22.9 Å². The van der Waals surface area contributed by atoms with Crippen molar-refractivity contribution >= 4 is 74.5 Å². The van der Waals surface area contributed by atoms with Crippen LogP contribution in [0, 0.1) is 17.2 Å². The number of carbonyl (C=O) groups excluding carboxylic acids is 5. The first kappa shape index (κ1) is 43.4. The van der Waals surface area contributed by atoms with Gasteiger partial charge < -0.3 is 35.0 Å². The molecule has 6 aliphatic rings. The highest BCUT2D eigenvalue weighted by Crippen LogP contribution is 2.45. The fourth-order valence-corrected chi connectivity index (χ4v) is 11.9. The Morgan fingerprint density at radius 2 is 1.75 bits per heavy atom. The van der Waals surface area contributed by atoms with E-state index in [1.165, 1.54) is 17.4 Å². The number of benzene rings is 3. The molecule has 1 aliphatic carbocycles. The fraction of sp³-hybridized carbons (Fsp3) is 0.408. The number of nitrogens with zero attached hydrogens (tertiary/aromatic N) is 6. The highest BCUT2D eigenvalue weighted by molar-refractivity contribution is 7.13. The highest BCUT2D eigenvalue weighted by atomic mass is 35.5. The second-order valence-corrected chi connectivity index (χ2v) is 20.5. The molecule has 0 radical (unpaired) electrons. The quantitative estimate of drug-likeness (QED) is 0.117. The number of rotatable bonds is 11. The standard InChI is InChI=1S/C49H49ClFN9O6S/c50-35-20-30(54-37-8-10-40(61)55-45(37)64)5-9-38(35)57-15-11-49(66,12-16-57)22-41(62)60-25-48(26-60)23-59(24-48)31-6-3-28(4-7-31)29-18-33-32(36(51)19-29)21-34(44(33)63)42(46(65)56-47-52-13-17-67-47)43-39-2-1-14-58(39)27-53-43/h3-7,9,13,17-20,27,34,37,42,54,66H,1-2,8,10-12,14-16,21-26H2,(H,52,56,65)(H,55,61,64). The van der Waals surface area contributed by atoms with Crippen LogP contribution in [0.15, 0.2) is 72.5 Å². The number of hydrogen-bond donors (Lipinski definition) is 4. The zero-order valence-electron chi connectivity index (χ0n) is 36.6. The van der Waals surface area contributed by atoms with Gasteiger partial charge in [0.15, 0.2) is 10.9 Å². The second-order valence-electron chi connectivity index (χ2n) is 19.2. The fourth-order valence-electron chi connectivity index (χ4n) is 11.1. The van der Waals surface area contributed by atoms with Gasteiger partial charge in [-0.05, 0) is 97.7 Å². The van der Waals surface area contributed by atoms with E-state index in [4.69, 9.17) is 11.6 Å². The predicted molar refractivity (Wildman–Crippen MR) is 251 cm³/mol. The topological polar surface area (TPSA) is 182 Å². The Hall–Kier alpha value is -6.17. The van der Waals surface area contributed by atoms with Crippen LogP contribution in [0.2, 0.25) is 5.02 Å². The van der Waals surface area contributed by atoms with E-state index in [0.717, 1.165) is 55.1 Å². The van der Waals surface area contributed by atoms with Gasteiger partial charge in [-0.1, -0.05) is 23.7 Å². The van der Waals surface area contributed by atoms with Crippen molar-refractivity contribution in [2.75, 3.05) is 59.7 Å². The minimum Gasteiger partial charge on any atom is -0.389 e. The first-order chi connectivity index (χ1) is 32.3. The van der Waals surface area contributed by atoms with Gasteiger partial charge in [-0.2, -0.15) is 0 Å². The Morgan fingerprint density at radius 1 is 0.955 bits per heavy atom. The van der Waals surface area contributed by atoms with Crippen molar-refractivity contribution in [3.05, 3.63) is 106 Å². The molecule has 67 heavy (non-hydrogen) atoms. The summed E-state index contributed by atoms with van der Waals surface area (Å²) in [7, 11) is 0. The molecule has 346 valence electrons. The molecule has 5 aromatic rings. The molecule has 3 aromatic carbocycles. The summed E-state index contributed by atoms with van der Waals surface area (Å²) < 4.78 is 18.0. The molecule has 4 amide bonds. The van der Waals surface area contributed by atoms with Gasteiger partial charge in [-0.15, -0.1) is 11.3 Å². The Kier molecular flexibility index (Phi) is 10.9. The zero-order valence-corrected chi connectivity index (χ0v) is 38.2. The minimum atomic E-state index is -1.11. The number of likely N-dealkylation sites (tertiary alicyclic amines) is 1. The van der Waals surface area contributed by atoms with Crippen LogP contribution in [0.25, 0.3) is 11.1 Å². The summed E-state index contributed by atoms with van der Waals surface area (Å²) in [4.78, 5) is 80.3. The van der Waals surface area contributed by atoms with Crippen LogP contribution in [0.5, 0.6) is 0 Å². The lowest BCUT2D eigenvalue weighted by Gasteiger charge is -2.61. The molecule has 4 N–H and O–H groups in total. The number of ketones is 1. The molecular weight excluding hydrogens is 897 g/mol. The van der Waals surface area contributed by atoms with Gasteiger partial charge in [-0.3, -0.25) is 29.3 Å². The third-order valence-corrected chi connectivity index (χ3v) is 15.7. The number of Topliss-reactive ketones (excluding diaryl/α,β-unsaturated/α-hetero) is 1. The first-order valence-corrected chi connectivity index (χ1v) is 24.2. The summed E-state index contributed by atoms with van der Waals surface area (Å²) in [6.07, 6.45) is 6.71. The number of halogens is 2. The monoisotopic (exact) mass is 945 g/mol. The normalized spacial score (nSPS) is 21.9. The van der Waals surface area contributed by atoms with Gasteiger partial charge in [0, 0.05) is 97.8 Å². The van der Waals surface area contributed by atoms with E-state index in [0.29, 0.717) is 83.7 Å². The molecule has 1 spiro atoms. The number of fused-ring (bicyclic) bond motifs is 2. The summed E-state index contributed by atoms with van der Waals surface area (Å²) >= 11 is 7.97. The van der Waals surface area contributed by atoms with Crippen molar-refractivity contribution in [1.29, 1.82) is 0 Å². The average molecular weight is 947 g/mol. The third kappa shape index (κ3) is 8.14. The lowest BCUT2D eigenvalue weighted by molar-refractivity contribution is -0.151. The number of anilines is 4. The molecule has 7 heterocycles. The van der Waals surface area contributed by atoms with Gasteiger partial charge in [0.2, 0.25) is 23.6 Å². The van der Waals surface area contributed by atoms with Crippen molar-refractivity contribution in [2.24, 2.45) is 11.3 Å². The van der Waals surface area contributed by atoms with E-state index < -0.39 is 29.3 Å². The van der Waals surface area contributed by atoms with Crippen LogP contribution in [0.3, 0.4) is 0 Å². The maximum atomic E-state index is 16.0. The SMILES string of the molecule is O=C1CCC(Nc2ccc(N3CCC(O)(CC(=O)N4CC5(C4)CN(c4ccc(-c6cc(F)c7c(c6)C(=O)C(C(C(=O)Nc6nccs6)c6ncn8c6CCC8)C7)cc4)C5)CC3)c(Cl)c2)C(=O)N1. The third-order valence-electron chi connectivity index (χ3n) is 14.7. The van der Waals surface area contributed by atoms with E-state index in [9.17, 15) is 29.1 Å². The summed E-state index contributed by atoms with van der Waals surface area (Å²) in [6.45, 7) is 4.72. The van der Waals surface area contributed by atoms with E-state index in [1.54, 1.807) is 30.0 Å². The zero-order chi connectivity index (χ0) is 46.2. The van der Waals surface area contributed by atoms with E-state index >= 15 is 4.39 Å². The first-order valence-electron chi connectivity index (χ1n) is 22.9. The number of hydrogen-bond acceptors (Lipinski definition) is 12. The van der Waals surface area contributed by atoms with Gasteiger partial charge >= 0.3 is 0 Å². The van der Waals surface area contributed by atoms with E-state index in [2.05, 4.69) is 35.7 Å². The maximum absolute atomic E-state index is 16.0. The highest BCUT2D eigenvalue weighted by Gasteiger charge is 2.54. The number of aromatic nitrogens is 3. The molecule has 4 fully saturated rings. The number of nitrogens with one attached hydrogen (secondary N) is 3. The molecule has 2 aromatic heterocycles. The molecule has 0 bridgehead atoms. The average Bonchev–Trinajstić information content (AvgIpc) is 4.10. The van der Waals surface area contributed by atoms with Crippen molar-refractivity contribution in [3.63, 3.8) is 0 Å². The summed E-state index contributed by atoms with van der Waals surface area (Å²) in [5, 5.41) is 22.6. The van der Waals surface area contributed by atoms with Gasteiger partial charge in [0.1, 0.15) is 11.9 Å². The molecule has 4 saturated heterocycles. The molecule has 3 unspecified atom stereocenters. The molecular formula is C49H49ClFN9O6S. The predicted octanol–water partition coefficient (Wildman–Crippen LogP) is 5.81. The molecule has 0 saturated carbocycles. The van der Waals surface area contributed by atoms with Crippen LogP contribution in [-0.4, -0.2) is 105 Å². The molecule has 5 aliphatic heterocycles. The number of aliphatic hydroxyl groups is 1. The summed E-state index contributed by atoms with van der Waals surface area (Å²) in [6, 6.07) is 16.1. The second kappa shape index (κ2) is 16.9. The lowest BCUT2D eigenvalue weighted by Crippen LogP contribution is -2.73. The van der Waals surface area contributed by atoms with E-state index in [-0.39, 0.29) is 54.1 Å². The summed E-state index contributed by atoms with van der Waals surface area (Å²) in [5.41, 5.74) is 4.90. The van der Waals surface area contributed by atoms with Crippen LogP contribution in [0.4, 0.5) is 26.6 Å². The Balaban J connectivity index is 0.675. The molecule has 15 nitrogen and oxygen atoms in total. The number of carbonyl (C=O) groups is 5. The number of amides is 4.